The first-order chi connectivity index (χ1) is 15.7. The van der Waals surface area contributed by atoms with Gasteiger partial charge < -0.3 is 10.8 Å². The van der Waals surface area contributed by atoms with Gasteiger partial charge in [0, 0.05) is 12.1 Å². The lowest BCUT2D eigenvalue weighted by atomic mass is 9.89. The first-order valence-electron chi connectivity index (χ1n) is 11.7. The number of halogens is 2. The van der Waals surface area contributed by atoms with Gasteiger partial charge in [0.25, 0.3) is 0 Å². The molecule has 1 aromatic carbocycles. The van der Waals surface area contributed by atoms with Crippen LogP contribution in [-0.4, -0.2) is 28.1 Å². The molecule has 0 saturated carbocycles. The smallest absolute Gasteiger partial charge is 0.129 e. The lowest BCUT2D eigenvalue weighted by molar-refractivity contribution is 0.178. The highest BCUT2D eigenvalue weighted by atomic mass is 35.5. The van der Waals surface area contributed by atoms with Gasteiger partial charge in [-0.2, -0.15) is 0 Å². The molecular weight excluding hydrogens is 465 g/mol. The average molecular weight is 498 g/mol. The topological polar surface area (TPSA) is 62.4 Å². The number of hydrogen-bond donors (Lipinski definition) is 2. The molecule has 3 N–H and O–H groups in total. The number of nitrogens with zero attached hydrogens (tertiary/aromatic N) is 2. The molecule has 1 aliphatic heterocycles. The van der Waals surface area contributed by atoms with E-state index >= 15 is 0 Å². The van der Waals surface area contributed by atoms with Gasteiger partial charge in [0.15, 0.2) is 0 Å². The maximum atomic E-state index is 11.1. The lowest BCUT2D eigenvalue weighted by Gasteiger charge is -2.31. The molecular formula is C28H33Cl2N3O. The van der Waals surface area contributed by atoms with Crippen molar-refractivity contribution in [1.82, 2.24) is 9.88 Å². The zero-order valence-corrected chi connectivity index (χ0v) is 21.0. The molecule has 1 saturated heterocycles. The summed E-state index contributed by atoms with van der Waals surface area (Å²) in [5.41, 5.74) is 11.4. The lowest BCUT2D eigenvalue weighted by Crippen LogP contribution is -2.33. The third-order valence-electron chi connectivity index (χ3n) is 6.94. The number of aliphatic hydroxyl groups is 1. The van der Waals surface area contributed by atoms with Gasteiger partial charge in [0.2, 0.25) is 0 Å². The summed E-state index contributed by atoms with van der Waals surface area (Å²) in [6, 6.07) is 10.7. The Morgan fingerprint density at radius 2 is 1.79 bits per heavy atom. The highest BCUT2D eigenvalue weighted by molar-refractivity contribution is 5.85. The van der Waals surface area contributed by atoms with Crippen LogP contribution in [0.2, 0.25) is 0 Å². The molecule has 34 heavy (non-hydrogen) atoms. The molecule has 1 fully saturated rings. The Morgan fingerprint density at radius 1 is 1.03 bits per heavy atom. The maximum Gasteiger partial charge on any atom is 0.129 e. The van der Waals surface area contributed by atoms with E-state index < -0.39 is 0 Å². The van der Waals surface area contributed by atoms with Crippen LogP contribution in [0.15, 0.2) is 60.2 Å². The first-order valence-corrected chi connectivity index (χ1v) is 11.7. The molecule has 2 heterocycles. The minimum absolute atomic E-state index is 0. The van der Waals surface area contributed by atoms with Crippen LogP contribution in [-0.2, 0) is 13.0 Å². The average Bonchev–Trinajstić information content (AvgIpc) is 3.06. The molecule has 5 rings (SSSR count). The molecule has 0 atom stereocenters. The van der Waals surface area contributed by atoms with Gasteiger partial charge in [-0.05, 0) is 68.3 Å². The normalized spacial score (nSPS) is 18.8. The van der Waals surface area contributed by atoms with Crippen molar-refractivity contribution >= 4 is 48.4 Å². The van der Waals surface area contributed by atoms with Crippen molar-refractivity contribution in [1.29, 1.82) is 0 Å². The number of allylic oxidation sites excluding steroid dienone is 4. The molecule has 3 aliphatic rings. The van der Waals surface area contributed by atoms with E-state index in [1.807, 2.05) is 30.4 Å². The molecule has 6 heteroatoms. The zero-order valence-electron chi connectivity index (χ0n) is 19.3. The van der Waals surface area contributed by atoms with E-state index in [4.69, 9.17) is 10.7 Å². The monoisotopic (exact) mass is 497 g/mol. The summed E-state index contributed by atoms with van der Waals surface area (Å²) in [6.45, 7) is 3.32. The van der Waals surface area contributed by atoms with Crippen molar-refractivity contribution in [2.75, 3.05) is 18.8 Å². The fourth-order valence-electron chi connectivity index (χ4n) is 5.06. The van der Waals surface area contributed by atoms with E-state index in [1.54, 1.807) is 0 Å². The second-order valence-corrected chi connectivity index (χ2v) is 9.08. The summed E-state index contributed by atoms with van der Waals surface area (Å²) in [5.74, 6) is 1.00. The summed E-state index contributed by atoms with van der Waals surface area (Å²) < 4.78 is 0. The maximum absolute atomic E-state index is 11.1. The fraction of sp³-hybridized carbons (Fsp3) is 0.321. The molecule has 4 nitrogen and oxygen atoms in total. The van der Waals surface area contributed by atoms with E-state index in [1.165, 1.54) is 18.4 Å². The van der Waals surface area contributed by atoms with Crippen LogP contribution in [0.5, 0.6) is 0 Å². The van der Waals surface area contributed by atoms with Gasteiger partial charge in [-0.3, -0.25) is 9.88 Å². The number of rotatable bonds is 4. The minimum atomic E-state index is 0. The Bertz CT molecular complexity index is 1210. The number of fused-ring (bicyclic) bond motifs is 2. The van der Waals surface area contributed by atoms with Crippen molar-refractivity contribution in [2.45, 2.75) is 38.6 Å². The van der Waals surface area contributed by atoms with Crippen molar-refractivity contribution in [3.8, 4) is 0 Å². The molecule has 0 bridgehead atoms. The number of aromatic nitrogens is 1. The standard InChI is InChI=1S/C28H31N3O.2ClH/c29-27-23-9-5-2-6-10-24(23)30-25-14-13-22(28(32)26(25)27)12-11-20-15-17-31(18-16-20)19-21-7-3-1-4-8-21;;/h1-10,12,20,32H,11,13-19,29H2;2*1H/b22-12+;;. The van der Waals surface area contributed by atoms with Gasteiger partial charge in [0.1, 0.15) is 5.76 Å². The van der Waals surface area contributed by atoms with Crippen molar-refractivity contribution in [3.63, 3.8) is 0 Å². The van der Waals surface area contributed by atoms with E-state index in [2.05, 4.69) is 41.3 Å². The SMILES string of the molecule is Cl.Cl.Nc1c2c(nc3c1=C(O)/C(=C/CC1CCN(Cc4ccccc4)CC1)CC3)=CC=CC=C2. The number of pyridine rings is 1. The van der Waals surface area contributed by atoms with Crippen LogP contribution in [0.4, 0.5) is 5.69 Å². The third kappa shape index (κ3) is 5.57. The Kier molecular flexibility index (Phi) is 9.01. The number of anilines is 1. The molecule has 2 aromatic rings. The Morgan fingerprint density at radius 3 is 2.56 bits per heavy atom. The number of benzene rings is 1. The first kappa shape index (κ1) is 26.1. The predicted molar refractivity (Wildman–Crippen MR) is 147 cm³/mol. The highest BCUT2D eigenvalue weighted by Gasteiger charge is 2.22. The Hall–Kier alpha value is -2.53. The van der Waals surface area contributed by atoms with Crippen molar-refractivity contribution < 1.29 is 5.11 Å². The minimum Gasteiger partial charge on any atom is -0.507 e. The molecule has 180 valence electrons. The van der Waals surface area contributed by atoms with Gasteiger partial charge in [-0.1, -0.05) is 60.7 Å². The number of aryl methyl sites for hydroxylation is 1. The van der Waals surface area contributed by atoms with Crippen LogP contribution in [0.25, 0.3) is 17.9 Å². The van der Waals surface area contributed by atoms with E-state index in [0.717, 1.165) is 66.3 Å². The largest absolute Gasteiger partial charge is 0.507 e. The summed E-state index contributed by atoms with van der Waals surface area (Å²) in [5, 5.41) is 12.7. The Labute approximate surface area is 214 Å². The summed E-state index contributed by atoms with van der Waals surface area (Å²) in [7, 11) is 0. The van der Waals surface area contributed by atoms with Crippen LogP contribution >= 0.6 is 24.8 Å². The second kappa shape index (κ2) is 11.7. The van der Waals surface area contributed by atoms with Crippen molar-refractivity contribution in [3.05, 3.63) is 87.6 Å². The molecule has 1 aromatic heterocycles. The van der Waals surface area contributed by atoms with Gasteiger partial charge in [-0.25, -0.2) is 0 Å². The number of hydrogen-bond acceptors (Lipinski definition) is 4. The van der Waals surface area contributed by atoms with Gasteiger partial charge in [-0.15, -0.1) is 24.8 Å². The highest BCUT2D eigenvalue weighted by Crippen LogP contribution is 2.26. The molecule has 0 amide bonds. The van der Waals surface area contributed by atoms with E-state index in [9.17, 15) is 5.11 Å². The van der Waals surface area contributed by atoms with Crippen LogP contribution < -0.4 is 16.3 Å². The fourth-order valence-corrected chi connectivity index (χ4v) is 5.06. The van der Waals surface area contributed by atoms with Crippen LogP contribution in [0.1, 0.15) is 42.5 Å². The number of aliphatic hydroxyl groups excluding tert-OH is 1. The molecule has 0 spiro atoms. The van der Waals surface area contributed by atoms with Crippen LogP contribution in [0.3, 0.4) is 0 Å². The van der Waals surface area contributed by atoms with Gasteiger partial charge in [0.05, 0.1) is 21.9 Å². The van der Waals surface area contributed by atoms with E-state index in [-0.39, 0.29) is 24.8 Å². The summed E-state index contributed by atoms with van der Waals surface area (Å²) >= 11 is 0. The molecule has 2 aliphatic carbocycles. The quantitative estimate of drug-likeness (QED) is 0.641. The summed E-state index contributed by atoms with van der Waals surface area (Å²) in [4.78, 5) is 7.35. The van der Waals surface area contributed by atoms with Crippen molar-refractivity contribution in [2.24, 2.45) is 5.92 Å². The van der Waals surface area contributed by atoms with Gasteiger partial charge >= 0.3 is 0 Å². The Balaban J connectivity index is 0.00000162. The number of nitrogen functional groups attached to an aromatic ring is 1. The molecule has 0 unspecified atom stereocenters. The predicted octanol–water partition coefficient (Wildman–Crippen LogP) is 4.71. The third-order valence-corrected chi connectivity index (χ3v) is 6.94. The van der Waals surface area contributed by atoms with Crippen LogP contribution in [0, 0.1) is 5.92 Å². The zero-order chi connectivity index (χ0) is 21.9. The molecule has 0 radical (unpaired) electrons. The summed E-state index contributed by atoms with van der Waals surface area (Å²) in [6.07, 6.45) is 17.2. The number of nitrogens with two attached hydrogens (primary N) is 1. The van der Waals surface area contributed by atoms with E-state index in [0.29, 0.717) is 17.4 Å². The number of piperidine rings is 1. The number of likely N-dealkylation sites (tertiary alicyclic amines) is 1. The second-order valence-electron chi connectivity index (χ2n) is 9.08.